The van der Waals surface area contributed by atoms with Gasteiger partial charge in [0.05, 0.1) is 0 Å². The molecule has 84 valence electrons. The van der Waals surface area contributed by atoms with Gasteiger partial charge < -0.3 is 5.73 Å². The highest BCUT2D eigenvalue weighted by Crippen LogP contribution is 2.60. The number of hydrogen-bond acceptors (Lipinski definition) is 1. The van der Waals surface area contributed by atoms with Crippen LogP contribution in [0.4, 0.5) is 0 Å². The first-order valence-corrected chi connectivity index (χ1v) is 5.88. The van der Waals surface area contributed by atoms with E-state index in [2.05, 4.69) is 41.5 Å². The molecule has 14 heavy (non-hydrogen) atoms. The van der Waals surface area contributed by atoms with Crippen molar-refractivity contribution >= 4 is 0 Å². The van der Waals surface area contributed by atoms with E-state index in [4.69, 9.17) is 5.73 Å². The Kier molecular flexibility index (Phi) is 2.78. The Hall–Kier alpha value is -0.0400. The third kappa shape index (κ3) is 1.50. The van der Waals surface area contributed by atoms with Crippen LogP contribution in [0.3, 0.4) is 0 Å². The van der Waals surface area contributed by atoms with E-state index in [9.17, 15) is 0 Å². The summed E-state index contributed by atoms with van der Waals surface area (Å²) in [6, 6.07) is 0.377. The second-order valence-corrected chi connectivity index (χ2v) is 6.97. The number of hydrogen-bond donors (Lipinski definition) is 1. The summed E-state index contributed by atoms with van der Waals surface area (Å²) in [6.45, 7) is 14.1. The van der Waals surface area contributed by atoms with Gasteiger partial charge >= 0.3 is 0 Å². The van der Waals surface area contributed by atoms with Crippen molar-refractivity contribution in [1.82, 2.24) is 0 Å². The second kappa shape index (κ2) is 3.23. The molecule has 1 saturated carbocycles. The molecule has 0 heterocycles. The molecule has 0 aliphatic heterocycles. The normalized spacial score (nSPS) is 28.1. The molecular formula is C13H27N. The molecule has 1 fully saturated rings. The summed E-state index contributed by atoms with van der Waals surface area (Å²) in [6.07, 6.45) is 3.80. The maximum absolute atomic E-state index is 6.39. The van der Waals surface area contributed by atoms with E-state index < -0.39 is 0 Å². The van der Waals surface area contributed by atoms with E-state index in [-0.39, 0.29) is 0 Å². The van der Waals surface area contributed by atoms with Crippen molar-refractivity contribution in [3.05, 3.63) is 0 Å². The number of nitrogens with two attached hydrogens (primary N) is 1. The van der Waals surface area contributed by atoms with Crippen LogP contribution in [0.5, 0.6) is 0 Å². The van der Waals surface area contributed by atoms with Crippen molar-refractivity contribution in [2.45, 2.75) is 66.8 Å². The lowest BCUT2D eigenvalue weighted by molar-refractivity contribution is -0.0392. The van der Waals surface area contributed by atoms with Gasteiger partial charge in [-0.1, -0.05) is 48.0 Å². The molecule has 0 radical (unpaired) electrons. The molecule has 2 N–H and O–H groups in total. The zero-order valence-electron chi connectivity index (χ0n) is 10.8. The van der Waals surface area contributed by atoms with Crippen LogP contribution in [0.2, 0.25) is 0 Å². The minimum Gasteiger partial charge on any atom is -0.327 e. The molecule has 0 saturated heterocycles. The molecule has 0 aromatic heterocycles. The molecule has 0 unspecified atom stereocenters. The Morgan fingerprint density at radius 1 is 1.00 bits per heavy atom. The van der Waals surface area contributed by atoms with E-state index in [1.807, 2.05) is 0 Å². The van der Waals surface area contributed by atoms with Crippen LogP contribution in [0.1, 0.15) is 60.8 Å². The van der Waals surface area contributed by atoms with Gasteiger partial charge in [-0.3, -0.25) is 0 Å². The molecule has 1 nitrogen and oxygen atoms in total. The van der Waals surface area contributed by atoms with Gasteiger partial charge in [-0.2, -0.15) is 0 Å². The molecule has 1 aliphatic carbocycles. The van der Waals surface area contributed by atoms with Gasteiger partial charge in [-0.25, -0.2) is 0 Å². The smallest absolute Gasteiger partial charge is 0.0106 e. The summed E-state index contributed by atoms with van der Waals surface area (Å²) in [5.41, 5.74) is 7.31. The molecule has 1 heteroatoms. The van der Waals surface area contributed by atoms with Crippen LogP contribution in [0.25, 0.3) is 0 Å². The summed E-state index contributed by atoms with van der Waals surface area (Å²) in [5.74, 6) is 0. The van der Waals surface area contributed by atoms with Gasteiger partial charge in [-0.15, -0.1) is 0 Å². The summed E-state index contributed by atoms with van der Waals surface area (Å²) in [7, 11) is 0. The Morgan fingerprint density at radius 2 is 1.43 bits per heavy atom. The highest BCUT2D eigenvalue weighted by molar-refractivity contribution is 5.07. The Bertz CT molecular complexity index is 190. The zero-order chi connectivity index (χ0) is 11.2. The maximum atomic E-state index is 6.39. The summed E-state index contributed by atoms with van der Waals surface area (Å²) < 4.78 is 0. The van der Waals surface area contributed by atoms with E-state index in [0.717, 1.165) is 0 Å². The van der Waals surface area contributed by atoms with Crippen LogP contribution in [-0.4, -0.2) is 6.04 Å². The fourth-order valence-electron chi connectivity index (χ4n) is 4.02. The average Bonchev–Trinajstić information content (AvgIpc) is 2.27. The third-order valence-electron chi connectivity index (χ3n) is 4.40. The summed E-state index contributed by atoms with van der Waals surface area (Å²) in [4.78, 5) is 0. The summed E-state index contributed by atoms with van der Waals surface area (Å²) in [5, 5.41) is 0. The van der Waals surface area contributed by atoms with E-state index in [0.29, 0.717) is 22.3 Å². The van der Waals surface area contributed by atoms with Crippen molar-refractivity contribution in [3.63, 3.8) is 0 Å². The Balaban J connectivity index is 3.16. The minimum atomic E-state index is 0.306. The largest absolute Gasteiger partial charge is 0.327 e. The van der Waals surface area contributed by atoms with Crippen molar-refractivity contribution < 1.29 is 0 Å². The summed E-state index contributed by atoms with van der Waals surface area (Å²) >= 11 is 0. The van der Waals surface area contributed by atoms with Gasteiger partial charge in [0.2, 0.25) is 0 Å². The van der Waals surface area contributed by atoms with Crippen LogP contribution >= 0.6 is 0 Å². The molecule has 0 aromatic rings. The van der Waals surface area contributed by atoms with Crippen LogP contribution < -0.4 is 5.73 Å². The van der Waals surface area contributed by atoms with Crippen molar-refractivity contribution in [2.75, 3.05) is 0 Å². The highest BCUT2D eigenvalue weighted by atomic mass is 14.8. The van der Waals surface area contributed by atoms with Crippen LogP contribution in [0, 0.1) is 16.2 Å². The molecular weight excluding hydrogens is 170 g/mol. The van der Waals surface area contributed by atoms with Gasteiger partial charge in [0.25, 0.3) is 0 Å². The second-order valence-electron chi connectivity index (χ2n) is 6.97. The first-order chi connectivity index (χ1) is 6.13. The van der Waals surface area contributed by atoms with Crippen molar-refractivity contribution in [1.29, 1.82) is 0 Å². The maximum Gasteiger partial charge on any atom is 0.0106 e. The van der Waals surface area contributed by atoms with Gasteiger partial charge in [0, 0.05) is 6.04 Å². The van der Waals surface area contributed by atoms with E-state index >= 15 is 0 Å². The molecule has 1 rings (SSSR count). The highest BCUT2D eigenvalue weighted by Gasteiger charge is 2.55. The Labute approximate surface area is 89.5 Å². The van der Waals surface area contributed by atoms with Gasteiger partial charge in [0.1, 0.15) is 0 Å². The van der Waals surface area contributed by atoms with Crippen molar-refractivity contribution in [3.8, 4) is 0 Å². The molecule has 0 bridgehead atoms. The molecule has 1 atom stereocenters. The molecule has 0 amide bonds. The standard InChI is InChI=1S/C13H27N/c1-11(2,3)13(12(4,5)6)9-7-8-10(13)14/h10H,7-9,14H2,1-6H3/t10-/m0/s1. The predicted molar refractivity (Wildman–Crippen MR) is 63.2 cm³/mol. The lowest BCUT2D eigenvalue weighted by Crippen LogP contribution is -2.54. The SMILES string of the molecule is CC(C)(C)C1(C(C)(C)C)CCC[C@@H]1N. The molecule has 0 spiro atoms. The fraction of sp³-hybridized carbons (Fsp3) is 1.00. The van der Waals surface area contributed by atoms with Crippen LogP contribution in [0.15, 0.2) is 0 Å². The number of rotatable bonds is 0. The Morgan fingerprint density at radius 3 is 1.57 bits per heavy atom. The predicted octanol–water partition coefficient (Wildman–Crippen LogP) is 3.58. The first kappa shape index (κ1) is 12.0. The van der Waals surface area contributed by atoms with Gasteiger partial charge in [-0.05, 0) is 29.1 Å². The van der Waals surface area contributed by atoms with E-state index in [1.54, 1.807) is 0 Å². The lowest BCUT2D eigenvalue weighted by Gasteiger charge is -2.54. The van der Waals surface area contributed by atoms with Crippen LogP contribution in [-0.2, 0) is 0 Å². The monoisotopic (exact) mass is 197 g/mol. The molecule has 1 aliphatic rings. The lowest BCUT2D eigenvalue weighted by atomic mass is 9.51. The molecule has 0 aromatic carbocycles. The third-order valence-corrected chi connectivity index (χ3v) is 4.40. The van der Waals surface area contributed by atoms with Gasteiger partial charge in [0.15, 0.2) is 0 Å². The minimum absolute atomic E-state index is 0.306. The average molecular weight is 197 g/mol. The fourth-order valence-corrected chi connectivity index (χ4v) is 4.02. The topological polar surface area (TPSA) is 26.0 Å². The quantitative estimate of drug-likeness (QED) is 0.631. The van der Waals surface area contributed by atoms with Crippen molar-refractivity contribution in [2.24, 2.45) is 22.0 Å². The first-order valence-electron chi connectivity index (χ1n) is 5.88. The van der Waals surface area contributed by atoms with E-state index in [1.165, 1.54) is 19.3 Å². The zero-order valence-corrected chi connectivity index (χ0v) is 10.8.